The van der Waals surface area contributed by atoms with Crippen molar-refractivity contribution in [2.75, 3.05) is 11.9 Å². The molecule has 2 fully saturated rings. The fourth-order valence-electron chi connectivity index (χ4n) is 4.43. The zero-order chi connectivity index (χ0) is 22.0. The van der Waals surface area contributed by atoms with E-state index in [1.165, 1.54) is 0 Å². The summed E-state index contributed by atoms with van der Waals surface area (Å²) >= 11 is 0. The van der Waals surface area contributed by atoms with Crippen molar-refractivity contribution >= 4 is 23.5 Å². The average molecular weight is 426 g/mol. The highest BCUT2D eigenvalue weighted by Gasteiger charge is 2.55. The van der Waals surface area contributed by atoms with Gasteiger partial charge < -0.3 is 20.5 Å². The Hall–Kier alpha value is -3.20. The van der Waals surface area contributed by atoms with Gasteiger partial charge in [-0.3, -0.25) is 19.1 Å². The van der Waals surface area contributed by atoms with Gasteiger partial charge in [-0.05, 0) is 31.7 Å². The second kappa shape index (κ2) is 8.89. The van der Waals surface area contributed by atoms with E-state index in [0.29, 0.717) is 32.4 Å². The van der Waals surface area contributed by atoms with Gasteiger partial charge in [0.15, 0.2) is 5.69 Å². The maximum Gasteiger partial charge on any atom is 0.310 e. The van der Waals surface area contributed by atoms with Crippen molar-refractivity contribution in [2.24, 2.45) is 11.8 Å². The summed E-state index contributed by atoms with van der Waals surface area (Å²) in [6.45, 7) is 2.82. The summed E-state index contributed by atoms with van der Waals surface area (Å²) in [6, 6.07) is 9.79. The molecule has 9 heteroatoms. The third-order valence-electron chi connectivity index (χ3n) is 5.96. The van der Waals surface area contributed by atoms with Crippen LogP contribution in [0.3, 0.4) is 0 Å². The van der Waals surface area contributed by atoms with Crippen LogP contribution < -0.4 is 10.6 Å². The summed E-state index contributed by atoms with van der Waals surface area (Å²) in [5.41, 5.74) is 1.49. The van der Waals surface area contributed by atoms with E-state index in [-0.39, 0.29) is 11.4 Å². The average Bonchev–Trinajstić information content (AvgIpc) is 3.48. The number of nitrogens with zero attached hydrogens (tertiary/aromatic N) is 2. The number of amides is 2. The number of carbonyl (C=O) groups excluding carboxylic acids is 2. The van der Waals surface area contributed by atoms with Crippen LogP contribution in [0.4, 0.5) is 5.69 Å². The minimum atomic E-state index is -1.03. The third kappa shape index (κ3) is 4.32. The molecular formula is C22H26N4O5. The lowest BCUT2D eigenvalue weighted by Gasteiger charge is -2.23. The molecule has 2 aromatic rings. The van der Waals surface area contributed by atoms with E-state index in [0.717, 1.165) is 5.56 Å². The van der Waals surface area contributed by atoms with Crippen molar-refractivity contribution in [3.8, 4) is 0 Å². The number of anilines is 1. The number of aromatic nitrogens is 2. The van der Waals surface area contributed by atoms with Gasteiger partial charge in [-0.1, -0.05) is 30.3 Å². The minimum absolute atomic E-state index is 0.110. The molecule has 0 spiro atoms. The lowest BCUT2D eigenvalue weighted by Crippen LogP contribution is -2.41. The van der Waals surface area contributed by atoms with E-state index in [9.17, 15) is 19.5 Å². The molecule has 31 heavy (non-hydrogen) atoms. The summed E-state index contributed by atoms with van der Waals surface area (Å²) < 4.78 is 7.24. The zero-order valence-electron chi connectivity index (χ0n) is 17.3. The number of hydrogen-bond acceptors (Lipinski definition) is 5. The van der Waals surface area contributed by atoms with E-state index < -0.39 is 41.8 Å². The van der Waals surface area contributed by atoms with Crippen LogP contribution in [0.15, 0.2) is 36.5 Å². The van der Waals surface area contributed by atoms with Crippen LogP contribution in [0.25, 0.3) is 0 Å². The Morgan fingerprint density at radius 3 is 2.55 bits per heavy atom. The monoisotopic (exact) mass is 426 g/mol. The third-order valence-corrected chi connectivity index (χ3v) is 5.96. The molecule has 0 aliphatic carbocycles. The molecule has 4 atom stereocenters. The molecule has 0 unspecified atom stereocenters. The molecule has 2 amide bonds. The first-order chi connectivity index (χ1) is 15.0. The van der Waals surface area contributed by atoms with Gasteiger partial charge in [-0.25, -0.2) is 0 Å². The van der Waals surface area contributed by atoms with Crippen molar-refractivity contribution in [1.29, 1.82) is 0 Å². The molecule has 3 N–H and O–H groups in total. The van der Waals surface area contributed by atoms with E-state index in [1.54, 1.807) is 10.9 Å². The molecule has 2 bridgehead atoms. The maximum absolute atomic E-state index is 13.0. The van der Waals surface area contributed by atoms with Crippen molar-refractivity contribution in [3.63, 3.8) is 0 Å². The van der Waals surface area contributed by atoms with E-state index in [4.69, 9.17) is 4.74 Å². The second-order valence-electron chi connectivity index (χ2n) is 7.91. The fraction of sp³-hybridized carbons (Fsp3) is 0.455. The molecule has 1 aromatic carbocycles. The molecule has 2 aliphatic heterocycles. The van der Waals surface area contributed by atoms with Gasteiger partial charge in [0.1, 0.15) is 0 Å². The van der Waals surface area contributed by atoms with Crippen LogP contribution in [0.2, 0.25) is 0 Å². The Kier molecular flexibility index (Phi) is 6.03. The number of carboxylic acids is 1. The minimum Gasteiger partial charge on any atom is -0.481 e. The topological polar surface area (TPSA) is 123 Å². The molecule has 4 rings (SSSR count). The quantitative estimate of drug-likeness (QED) is 0.590. The number of benzene rings is 1. The van der Waals surface area contributed by atoms with Gasteiger partial charge >= 0.3 is 5.97 Å². The van der Waals surface area contributed by atoms with Crippen LogP contribution in [0.5, 0.6) is 0 Å². The van der Waals surface area contributed by atoms with Crippen molar-refractivity contribution in [3.05, 3.63) is 47.8 Å². The first kappa shape index (κ1) is 21.0. The van der Waals surface area contributed by atoms with Gasteiger partial charge in [-0.2, -0.15) is 5.10 Å². The zero-order valence-corrected chi connectivity index (χ0v) is 17.3. The number of fused-ring (bicyclic) bond motifs is 2. The molecule has 2 aliphatic rings. The number of aliphatic carboxylic acids is 1. The molecule has 3 heterocycles. The Bertz CT molecular complexity index is 974. The van der Waals surface area contributed by atoms with Gasteiger partial charge in [0.2, 0.25) is 5.91 Å². The molecule has 0 saturated carbocycles. The first-order valence-corrected chi connectivity index (χ1v) is 10.6. The number of carbonyl (C=O) groups is 3. The summed E-state index contributed by atoms with van der Waals surface area (Å²) in [6.07, 6.45) is 2.73. The van der Waals surface area contributed by atoms with E-state index in [2.05, 4.69) is 15.7 Å². The second-order valence-corrected chi connectivity index (χ2v) is 7.91. The predicted octanol–water partition coefficient (Wildman–Crippen LogP) is 1.69. The first-order valence-electron chi connectivity index (χ1n) is 10.6. The molecule has 1 aromatic heterocycles. The highest BCUT2D eigenvalue weighted by Crippen LogP contribution is 2.44. The van der Waals surface area contributed by atoms with Gasteiger partial charge in [-0.15, -0.1) is 0 Å². The number of ether oxygens (including phenoxy) is 1. The smallest absolute Gasteiger partial charge is 0.310 e. The van der Waals surface area contributed by atoms with Crippen LogP contribution in [-0.2, 0) is 27.3 Å². The number of carboxylic acid groups (broad SMARTS) is 1. The fourth-order valence-corrected chi connectivity index (χ4v) is 4.43. The Morgan fingerprint density at radius 1 is 1.16 bits per heavy atom. The predicted molar refractivity (Wildman–Crippen MR) is 112 cm³/mol. The lowest BCUT2D eigenvalue weighted by atomic mass is 9.78. The molecular weight excluding hydrogens is 400 g/mol. The number of aryl methyl sites for hydroxylation is 1. The van der Waals surface area contributed by atoms with Crippen LogP contribution >= 0.6 is 0 Å². The summed E-state index contributed by atoms with van der Waals surface area (Å²) in [5, 5.41) is 19.4. The van der Waals surface area contributed by atoms with Crippen LogP contribution in [0, 0.1) is 11.8 Å². The van der Waals surface area contributed by atoms with Gasteiger partial charge in [0, 0.05) is 19.3 Å². The Morgan fingerprint density at radius 2 is 1.87 bits per heavy atom. The Labute approximate surface area is 179 Å². The normalized spacial score (nSPS) is 24.2. The highest BCUT2D eigenvalue weighted by atomic mass is 16.5. The molecule has 164 valence electrons. The van der Waals surface area contributed by atoms with Crippen molar-refractivity contribution in [1.82, 2.24) is 15.1 Å². The summed E-state index contributed by atoms with van der Waals surface area (Å²) in [7, 11) is 0. The number of nitrogens with one attached hydrogen (secondary N) is 2. The van der Waals surface area contributed by atoms with Crippen molar-refractivity contribution in [2.45, 2.75) is 44.9 Å². The van der Waals surface area contributed by atoms with Crippen LogP contribution in [-0.4, -0.2) is 51.4 Å². The van der Waals surface area contributed by atoms with E-state index in [1.807, 2.05) is 37.3 Å². The Balaban J connectivity index is 1.45. The maximum atomic E-state index is 13.0. The number of hydrogen-bond donors (Lipinski definition) is 3. The van der Waals surface area contributed by atoms with Crippen LogP contribution in [0.1, 0.15) is 35.8 Å². The van der Waals surface area contributed by atoms with E-state index >= 15 is 0 Å². The molecule has 9 nitrogen and oxygen atoms in total. The highest BCUT2D eigenvalue weighted by molar-refractivity contribution is 6.03. The summed E-state index contributed by atoms with van der Waals surface area (Å²) in [5.74, 6) is -3.53. The molecule has 0 radical (unpaired) electrons. The van der Waals surface area contributed by atoms with Gasteiger partial charge in [0.05, 0.1) is 29.7 Å². The standard InChI is InChI=1S/C22H26N4O5/c1-2-26-12-14(19(25-26)21(28)23-11-10-13-6-4-3-5-7-13)24-20(27)17-15-8-9-16(31-15)18(17)22(29)30/h3-7,12,15-18H,2,8-11H2,1H3,(H,23,28)(H,24,27)(H,29,30)/t15-,16-,17+,18-/m1/s1. The summed E-state index contributed by atoms with van der Waals surface area (Å²) in [4.78, 5) is 37.4. The van der Waals surface area contributed by atoms with Crippen molar-refractivity contribution < 1.29 is 24.2 Å². The number of rotatable bonds is 8. The SMILES string of the molecule is CCn1cc(NC(=O)[C@@H]2[C@H](C(=O)O)[C@H]3CC[C@H]2O3)c(C(=O)NCCc2ccccc2)n1. The largest absolute Gasteiger partial charge is 0.481 e. The molecule has 2 saturated heterocycles. The van der Waals surface area contributed by atoms with Gasteiger partial charge in [0.25, 0.3) is 5.91 Å². The lowest BCUT2D eigenvalue weighted by molar-refractivity contribution is -0.147.